The Bertz CT molecular complexity index is 713. The lowest BCUT2D eigenvalue weighted by Gasteiger charge is -2.06. The lowest BCUT2D eigenvalue weighted by molar-refractivity contribution is 0.0947. The van der Waals surface area contributed by atoms with Crippen LogP contribution in [0.4, 0.5) is 4.39 Å². The van der Waals surface area contributed by atoms with Gasteiger partial charge in [0.05, 0.1) is 12.1 Å². The van der Waals surface area contributed by atoms with E-state index >= 15 is 0 Å². The van der Waals surface area contributed by atoms with Gasteiger partial charge in [-0.15, -0.1) is 11.3 Å². The summed E-state index contributed by atoms with van der Waals surface area (Å²) >= 11 is 1.45. The fraction of sp³-hybridized carbons (Fsp3) is 0.188. The largest absolute Gasteiger partial charge is 0.384 e. The SMILES string of the molecule is Cc1cccc(C(=O)NCc2cc(C#CCO)cs2)c1F. The van der Waals surface area contributed by atoms with Crippen molar-refractivity contribution in [1.82, 2.24) is 5.32 Å². The van der Waals surface area contributed by atoms with Crippen LogP contribution in [0.3, 0.4) is 0 Å². The molecule has 21 heavy (non-hydrogen) atoms. The minimum atomic E-state index is -0.490. The van der Waals surface area contributed by atoms with Crippen molar-refractivity contribution in [2.45, 2.75) is 13.5 Å². The molecule has 0 aliphatic rings. The van der Waals surface area contributed by atoms with Gasteiger partial charge in [0.2, 0.25) is 0 Å². The second-order valence-electron chi connectivity index (χ2n) is 4.38. The van der Waals surface area contributed by atoms with Crippen LogP contribution in [0, 0.1) is 24.6 Å². The summed E-state index contributed by atoms with van der Waals surface area (Å²) in [6, 6.07) is 6.57. The van der Waals surface area contributed by atoms with Crippen molar-refractivity contribution < 1.29 is 14.3 Å². The molecular formula is C16H14FNO2S. The number of halogens is 1. The van der Waals surface area contributed by atoms with E-state index in [1.807, 2.05) is 11.4 Å². The van der Waals surface area contributed by atoms with Crippen LogP contribution in [0.2, 0.25) is 0 Å². The summed E-state index contributed by atoms with van der Waals surface area (Å²) in [7, 11) is 0. The average molecular weight is 303 g/mol. The zero-order valence-electron chi connectivity index (χ0n) is 11.4. The van der Waals surface area contributed by atoms with E-state index in [0.29, 0.717) is 12.1 Å². The van der Waals surface area contributed by atoms with Gasteiger partial charge in [-0.3, -0.25) is 4.79 Å². The van der Waals surface area contributed by atoms with E-state index in [1.165, 1.54) is 17.4 Å². The van der Waals surface area contributed by atoms with Crippen LogP contribution in [-0.2, 0) is 6.54 Å². The normalized spacial score (nSPS) is 9.86. The Morgan fingerprint density at radius 3 is 3.05 bits per heavy atom. The number of carbonyl (C=O) groups is 1. The second kappa shape index (κ2) is 7.02. The molecule has 2 rings (SSSR count). The minimum Gasteiger partial charge on any atom is -0.384 e. The minimum absolute atomic E-state index is 0.0480. The first-order valence-electron chi connectivity index (χ1n) is 6.32. The van der Waals surface area contributed by atoms with Crippen molar-refractivity contribution in [1.29, 1.82) is 0 Å². The van der Waals surface area contributed by atoms with Crippen LogP contribution in [0.15, 0.2) is 29.6 Å². The molecule has 1 aromatic carbocycles. The van der Waals surface area contributed by atoms with Crippen molar-refractivity contribution >= 4 is 17.2 Å². The first-order valence-corrected chi connectivity index (χ1v) is 7.20. The van der Waals surface area contributed by atoms with Crippen LogP contribution >= 0.6 is 11.3 Å². The van der Waals surface area contributed by atoms with Crippen molar-refractivity contribution in [2.24, 2.45) is 0 Å². The molecule has 0 spiro atoms. The summed E-state index contributed by atoms with van der Waals surface area (Å²) < 4.78 is 13.8. The van der Waals surface area contributed by atoms with Crippen LogP contribution in [0.25, 0.3) is 0 Å². The third-order valence-electron chi connectivity index (χ3n) is 2.83. The van der Waals surface area contributed by atoms with Gasteiger partial charge in [-0.05, 0) is 24.6 Å². The highest BCUT2D eigenvalue weighted by Gasteiger charge is 2.12. The summed E-state index contributed by atoms with van der Waals surface area (Å²) in [4.78, 5) is 12.9. The molecule has 0 saturated heterocycles. The van der Waals surface area contributed by atoms with E-state index in [1.54, 1.807) is 19.1 Å². The highest BCUT2D eigenvalue weighted by molar-refractivity contribution is 7.10. The molecule has 5 heteroatoms. The number of aryl methyl sites for hydroxylation is 1. The Hall–Kier alpha value is -2.16. The van der Waals surface area contributed by atoms with Crippen LogP contribution in [0.5, 0.6) is 0 Å². The third-order valence-corrected chi connectivity index (χ3v) is 3.76. The number of amides is 1. The van der Waals surface area contributed by atoms with Gasteiger partial charge in [0.25, 0.3) is 5.91 Å². The van der Waals surface area contributed by atoms with Gasteiger partial charge in [-0.1, -0.05) is 24.0 Å². The van der Waals surface area contributed by atoms with Gasteiger partial charge in [0.15, 0.2) is 0 Å². The predicted molar refractivity (Wildman–Crippen MR) is 80.6 cm³/mol. The second-order valence-corrected chi connectivity index (χ2v) is 5.38. The summed E-state index contributed by atoms with van der Waals surface area (Å²) in [6.45, 7) is 1.75. The van der Waals surface area contributed by atoms with Gasteiger partial charge in [0.1, 0.15) is 12.4 Å². The number of benzene rings is 1. The van der Waals surface area contributed by atoms with E-state index in [2.05, 4.69) is 17.2 Å². The lowest BCUT2D eigenvalue weighted by Crippen LogP contribution is -2.23. The van der Waals surface area contributed by atoms with E-state index in [-0.39, 0.29) is 12.2 Å². The zero-order valence-corrected chi connectivity index (χ0v) is 12.3. The Balaban J connectivity index is 2.01. The van der Waals surface area contributed by atoms with Crippen molar-refractivity contribution in [3.05, 3.63) is 57.0 Å². The van der Waals surface area contributed by atoms with E-state index < -0.39 is 11.7 Å². The maximum atomic E-state index is 13.8. The smallest absolute Gasteiger partial charge is 0.254 e. The van der Waals surface area contributed by atoms with Crippen molar-refractivity contribution in [2.75, 3.05) is 6.61 Å². The molecule has 0 fully saturated rings. The number of rotatable bonds is 3. The highest BCUT2D eigenvalue weighted by Crippen LogP contribution is 2.15. The fourth-order valence-electron chi connectivity index (χ4n) is 1.77. The number of nitrogens with one attached hydrogen (secondary N) is 1. The van der Waals surface area contributed by atoms with Crippen molar-refractivity contribution in [3.8, 4) is 11.8 Å². The molecule has 0 aliphatic carbocycles. The molecule has 0 atom stereocenters. The molecule has 108 valence electrons. The van der Waals surface area contributed by atoms with E-state index in [0.717, 1.165) is 10.4 Å². The Kier molecular flexibility index (Phi) is 5.09. The predicted octanol–water partition coefficient (Wildman–Crippen LogP) is 2.47. The number of hydrogen-bond donors (Lipinski definition) is 2. The number of thiophene rings is 1. The molecular weight excluding hydrogens is 289 g/mol. The number of aliphatic hydroxyl groups is 1. The molecule has 0 radical (unpaired) electrons. The summed E-state index contributed by atoms with van der Waals surface area (Å²) in [5.41, 5.74) is 1.28. The summed E-state index contributed by atoms with van der Waals surface area (Å²) in [5, 5.41) is 13.2. The van der Waals surface area contributed by atoms with Crippen LogP contribution in [-0.4, -0.2) is 17.6 Å². The van der Waals surface area contributed by atoms with Crippen LogP contribution in [0.1, 0.15) is 26.4 Å². The van der Waals surface area contributed by atoms with Gasteiger partial charge < -0.3 is 10.4 Å². The third kappa shape index (κ3) is 3.91. The van der Waals surface area contributed by atoms with Gasteiger partial charge in [-0.2, -0.15) is 0 Å². The summed E-state index contributed by atoms with van der Waals surface area (Å²) in [5.74, 6) is 4.42. The fourth-order valence-corrected chi connectivity index (χ4v) is 2.52. The monoisotopic (exact) mass is 303 g/mol. The van der Waals surface area contributed by atoms with Crippen molar-refractivity contribution in [3.63, 3.8) is 0 Å². The van der Waals surface area contributed by atoms with E-state index in [9.17, 15) is 9.18 Å². The topological polar surface area (TPSA) is 49.3 Å². The van der Waals surface area contributed by atoms with Gasteiger partial charge in [0, 0.05) is 15.8 Å². The molecule has 3 nitrogen and oxygen atoms in total. The average Bonchev–Trinajstić information content (AvgIpc) is 2.93. The first-order chi connectivity index (χ1) is 10.1. The molecule has 1 heterocycles. The Morgan fingerprint density at radius 1 is 1.48 bits per heavy atom. The standard InChI is InChI=1S/C16H14FNO2S/c1-11-4-2-6-14(15(11)17)16(20)18-9-13-8-12(10-21-13)5-3-7-19/h2,4,6,8,10,19H,7,9H2,1H3,(H,18,20). The molecule has 0 saturated carbocycles. The molecule has 2 aromatic rings. The molecule has 1 aromatic heterocycles. The Labute approximate surface area is 126 Å². The molecule has 0 aliphatic heterocycles. The summed E-state index contributed by atoms with van der Waals surface area (Å²) in [6.07, 6.45) is 0. The van der Waals surface area contributed by atoms with E-state index in [4.69, 9.17) is 5.11 Å². The highest BCUT2D eigenvalue weighted by atomic mass is 32.1. The van der Waals surface area contributed by atoms with Crippen LogP contribution < -0.4 is 5.32 Å². The first kappa shape index (κ1) is 15.2. The maximum absolute atomic E-state index is 13.8. The zero-order chi connectivity index (χ0) is 15.2. The number of hydrogen-bond acceptors (Lipinski definition) is 3. The molecule has 2 N–H and O–H groups in total. The molecule has 0 bridgehead atoms. The number of aliphatic hydroxyl groups excluding tert-OH is 1. The Morgan fingerprint density at radius 2 is 2.29 bits per heavy atom. The molecule has 0 unspecified atom stereocenters. The lowest BCUT2D eigenvalue weighted by atomic mass is 10.1. The maximum Gasteiger partial charge on any atom is 0.254 e. The molecule has 1 amide bonds. The van der Waals surface area contributed by atoms with Gasteiger partial charge >= 0.3 is 0 Å². The van der Waals surface area contributed by atoms with Gasteiger partial charge in [-0.25, -0.2) is 4.39 Å². The quantitative estimate of drug-likeness (QED) is 0.856. The number of carbonyl (C=O) groups excluding carboxylic acids is 1.